The monoisotopic (exact) mass is 754 g/mol. The Labute approximate surface area is 320 Å². The molecule has 0 bridgehead atoms. The van der Waals surface area contributed by atoms with Crippen LogP contribution in [0.3, 0.4) is 0 Å². The van der Waals surface area contributed by atoms with Crippen LogP contribution in [-0.2, 0) is 27.9 Å². The third-order valence-corrected chi connectivity index (χ3v) is 9.61. The highest BCUT2D eigenvalue weighted by molar-refractivity contribution is 7.45. The van der Waals surface area contributed by atoms with Gasteiger partial charge in [0.05, 0.1) is 34.4 Å². The van der Waals surface area contributed by atoms with Crippen molar-refractivity contribution in [2.24, 2.45) is 0 Å². The fourth-order valence-electron chi connectivity index (χ4n) is 5.42. The molecular weight excluding hydrogens is 673 g/mol. The van der Waals surface area contributed by atoms with E-state index in [-0.39, 0.29) is 25.8 Å². The van der Waals surface area contributed by atoms with Gasteiger partial charge in [0.2, 0.25) is 0 Å². The first kappa shape index (κ1) is 50.5. The molecule has 2 unspecified atom stereocenters. The summed E-state index contributed by atoms with van der Waals surface area (Å²) in [6, 6.07) is 0. The molecule has 0 aromatic carbocycles. The molecule has 0 saturated heterocycles. The van der Waals surface area contributed by atoms with Crippen molar-refractivity contribution in [3.05, 3.63) is 48.6 Å². The Hall–Kier alpha value is -1.54. The van der Waals surface area contributed by atoms with Gasteiger partial charge in [-0.2, -0.15) is 0 Å². The second-order valence-corrected chi connectivity index (χ2v) is 16.4. The molecule has 9 heteroatoms. The third kappa shape index (κ3) is 39.7. The molecule has 0 aliphatic heterocycles. The van der Waals surface area contributed by atoms with E-state index in [1.807, 2.05) is 21.1 Å². The van der Waals surface area contributed by atoms with Gasteiger partial charge in [-0.3, -0.25) is 9.36 Å². The number of phosphoric ester groups is 1. The lowest BCUT2D eigenvalue weighted by atomic mass is 10.0. The molecule has 52 heavy (non-hydrogen) atoms. The second kappa shape index (κ2) is 36.4. The molecule has 0 N–H and O–H groups in total. The molecule has 0 aromatic rings. The maximum absolute atomic E-state index is 12.6. The predicted molar refractivity (Wildman–Crippen MR) is 217 cm³/mol. The Morgan fingerprint density at radius 3 is 1.65 bits per heavy atom. The Morgan fingerprint density at radius 2 is 1.12 bits per heavy atom. The highest BCUT2D eigenvalue weighted by atomic mass is 31.2. The van der Waals surface area contributed by atoms with E-state index in [4.69, 9.17) is 18.5 Å². The summed E-state index contributed by atoms with van der Waals surface area (Å²) in [5.74, 6) is -0.347. The summed E-state index contributed by atoms with van der Waals surface area (Å²) >= 11 is 0. The van der Waals surface area contributed by atoms with E-state index in [0.717, 1.165) is 70.6 Å². The fourth-order valence-corrected chi connectivity index (χ4v) is 6.15. The van der Waals surface area contributed by atoms with Gasteiger partial charge in [-0.1, -0.05) is 152 Å². The van der Waals surface area contributed by atoms with Crippen molar-refractivity contribution in [3.63, 3.8) is 0 Å². The van der Waals surface area contributed by atoms with Gasteiger partial charge in [-0.25, -0.2) is 0 Å². The van der Waals surface area contributed by atoms with Crippen LogP contribution in [0.5, 0.6) is 0 Å². The maximum atomic E-state index is 12.6. The number of allylic oxidation sites excluding steroid dienone is 8. The molecule has 0 aromatic heterocycles. The van der Waals surface area contributed by atoms with Crippen molar-refractivity contribution in [1.82, 2.24) is 0 Å². The molecule has 0 radical (unpaired) electrons. The summed E-state index contributed by atoms with van der Waals surface area (Å²) in [5.41, 5.74) is 0. The molecule has 0 rings (SSSR count). The minimum Gasteiger partial charge on any atom is -0.756 e. The van der Waals surface area contributed by atoms with Crippen LogP contribution >= 0.6 is 7.82 Å². The smallest absolute Gasteiger partial charge is 0.306 e. The van der Waals surface area contributed by atoms with E-state index < -0.39 is 13.9 Å². The minimum atomic E-state index is -4.53. The van der Waals surface area contributed by atoms with Crippen molar-refractivity contribution >= 4 is 13.8 Å². The highest BCUT2D eigenvalue weighted by Gasteiger charge is 2.20. The molecule has 0 amide bonds. The summed E-state index contributed by atoms with van der Waals surface area (Å²) < 4.78 is 34.5. The number of phosphoric acid groups is 1. The standard InChI is InChI=1S/C43H80NO7P/c1-6-8-10-12-14-16-18-20-22-23-25-27-29-31-33-35-38-48-40-42(41-50-52(46,47)49-39-37-44(3,4)5)51-43(45)36-34-32-30-28-26-24-21-19-17-15-13-11-9-7-2/h8,10,14,16,20,22,25,27,42H,6-7,9,11-13,15,17-19,21,23-24,26,28-41H2,1-5H3/b10-8-,16-14-,22-20-,27-25-. The first-order valence-electron chi connectivity index (χ1n) is 20.9. The maximum Gasteiger partial charge on any atom is 0.306 e. The number of esters is 1. The molecule has 304 valence electrons. The Balaban J connectivity index is 4.32. The molecule has 0 fully saturated rings. The summed E-state index contributed by atoms with van der Waals surface area (Å²) in [4.78, 5) is 25.0. The molecule has 0 heterocycles. The average Bonchev–Trinajstić information content (AvgIpc) is 3.09. The van der Waals surface area contributed by atoms with Gasteiger partial charge in [0.1, 0.15) is 19.3 Å². The Bertz CT molecular complexity index is 973. The van der Waals surface area contributed by atoms with E-state index in [1.54, 1.807) is 0 Å². The average molecular weight is 754 g/mol. The van der Waals surface area contributed by atoms with Gasteiger partial charge in [-0.05, 0) is 51.4 Å². The fraction of sp³-hybridized carbons (Fsp3) is 0.791. The Kier molecular flexibility index (Phi) is 35.4. The number of hydrogen-bond acceptors (Lipinski definition) is 7. The molecule has 2 atom stereocenters. The first-order valence-corrected chi connectivity index (χ1v) is 22.3. The van der Waals surface area contributed by atoms with Gasteiger partial charge >= 0.3 is 5.97 Å². The number of quaternary nitrogens is 1. The molecule has 0 spiro atoms. The van der Waals surface area contributed by atoms with Crippen molar-refractivity contribution < 1.29 is 37.3 Å². The second-order valence-electron chi connectivity index (χ2n) is 15.0. The van der Waals surface area contributed by atoms with Crippen LogP contribution in [0.2, 0.25) is 0 Å². The highest BCUT2D eigenvalue weighted by Crippen LogP contribution is 2.38. The number of nitrogens with zero attached hydrogens (tertiary/aromatic N) is 1. The van der Waals surface area contributed by atoms with Crippen LogP contribution in [0.1, 0.15) is 162 Å². The number of likely N-dealkylation sites (N-methyl/N-ethyl adjacent to an activating group) is 1. The zero-order valence-corrected chi connectivity index (χ0v) is 35.1. The van der Waals surface area contributed by atoms with E-state index in [9.17, 15) is 14.3 Å². The summed E-state index contributed by atoms with van der Waals surface area (Å²) in [5, 5.41) is 0. The molecule has 0 aliphatic carbocycles. The lowest BCUT2D eigenvalue weighted by Crippen LogP contribution is -2.37. The zero-order valence-electron chi connectivity index (χ0n) is 34.2. The van der Waals surface area contributed by atoms with E-state index >= 15 is 0 Å². The predicted octanol–water partition coefficient (Wildman–Crippen LogP) is 11.4. The lowest BCUT2D eigenvalue weighted by molar-refractivity contribution is -0.870. The number of carbonyl (C=O) groups is 1. The quantitative estimate of drug-likeness (QED) is 0.0204. The van der Waals surface area contributed by atoms with Crippen LogP contribution in [-0.4, -0.2) is 70.7 Å². The minimum absolute atomic E-state index is 0.0191. The topological polar surface area (TPSA) is 94.1 Å². The molecule has 0 aliphatic rings. The van der Waals surface area contributed by atoms with Crippen molar-refractivity contribution in [2.45, 2.75) is 168 Å². The van der Waals surface area contributed by atoms with Crippen LogP contribution in [0.15, 0.2) is 48.6 Å². The summed E-state index contributed by atoms with van der Waals surface area (Å²) in [6.07, 6.45) is 42.6. The first-order chi connectivity index (χ1) is 25.1. The van der Waals surface area contributed by atoms with Gasteiger partial charge in [0.25, 0.3) is 7.82 Å². The van der Waals surface area contributed by atoms with Crippen LogP contribution in [0, 0.1) is 0 Å². The summed E-state index contributed by atoms with van der Waals surface area (Å²) in [7, 11) is 1.33. The largest absolute Gasteiger partial charge is 0.756 e. The van der Waals surface area contributed by atoms with E-state index in [0.29, 0.717) is 24.1 Å². The molecule has 8 nitrogen and oxygen atoms in total. The lowest BCUT2D eigenvalue weighted by Gasteiger charge is -2.28. The molecule has 0 saturated carbocycles. The van der Waals surface area contributed by atoms with Gasteiger partial charge in [-0.15, -0.1) is 0 Å². The number of rotatable bonds is 38. The number of carbonyl (C=O) groups excluding carboxylic acids is 1. The van der Waals surface area contributed by atoms with Crippen LogP contribution < -0.4 is 4.89 Å². The van der Waals surface area contributed by atoms with Crippen molar-refractivity contribution in [1.29, 1.82) is 0 Å². The van der Waals surface area contributed by atoms with Gasteiger partial charge in [0, 0.05) is 13.0 Å². The van der Waals surface area contributed by atoms with E-state index in [2.05, 4.69) is 62.5 Å². The van der Waals surface area contributed by atoms with E-state index in [1.165, 1.54) is 70.6 Å². The number of unbranched alkanes of at least 4 members (excludes halogenated alkanes) is 16. The molecular formula is C43H80NO7P. The Morgan fingerprint density at radius 1 is 0.615 bits per heavy atom. The van der Waals surface area contributed by atoms with Gasteiger partial charge < -0.3 is 27.9 Å². The van der Waals surface area contributed by atoms with Crippen molar-refractivity contribution in [3.8, 4) is 0 Å². The van der Waals surface area contributed by atoms with Crippen LogP contribution in [0.4, 0.5) is 0 Å². The number of ether oxygens (including phenoxy) is 2. The van der Waals surface area contributed by atoms with Crippen molar-refractivity contribution in [2.75, 3.05) is 54.1 Å². The number of hydrogen-bond donors (Lipinski definition) is 0. The summed E-state index contributed by atoms with van der Waals surface area (Å²) in [6.45, 7) is 5.21. The SMILES string of the molecule is CC/C=C\C/C=C\C/C=C\C/C=C\CCCCCOCC(COP(=O)([O-])OCC[N+](C)(C)C)OC(=O)CCCCCCCCCCCCCCCC. The third-order valence-electron chi connectivity index (χ3n) is 8.64. The van der Waals surface area contributed by atoms with Crippen LogP contribution in [0.25, 0.3) is 0 Å². The zero-order chi connectivity index (χ0) is 38.4. The normalized spacial score (nSPS) is 14.3. The van der Waals surface area contributed by atoms with Gasteiger partial charge in [0.15, 0.2) is 0 Å².